The van der Waals surface area contributed by atoms with Crippen molar-refractivity contribution < 1.29 is 14.2 Å². The van der Waals surface area contributed by atoms with Gasteiger partial charge in [-0.05, 0) is 30.7 Å². The number of pyridine rings is 1. The van der Waals surface area contributed by atoms with Crippen LogP contribution in [0.25, 0.3) is 11.1 Å². The largest absolute Gasteiger partial charge is 0.489 e. The lowest BCUT2D eigenvalue weighted by Crippen LogP contribution is -2.56. The van der Waals surface area contributed by atoms with Crippen molar-refractivity contribution in [3.8, 4) is 16.9 Å². The van der Waals surface area contributed by atoms with E-state index in [1.165, 1.54) is 0 Å². The highest BCUT2D eigenvalue weighted by molar-refractivity contribution is 6.30. The van der Waals surface area contributed by atoms with Crippen molar-refractivity contribution in [3.05, 3.63) is 47.2 Å². The third-order valence-corrected chi connectivity index (χ3v) is 5.96. The van der Waals surface area contributed by atoms with Gasteiger partial charge in [0.15, 0.2) is 0 Å². The molecule has 1 fully saturated rings. The van der Waals surface area contributed by atoms with Crippen LogP contribution < -0.4 is 10.5 Å². The molecule has 140 valence electrons. The van der Waals surface area contributed by atoms with Gasteiger partial charge >= 0.3 is 0 Å². The highest BCUT2D eigenvalue weighted by atomic mass is 35.5. The van der Waals surface area contributed by atoms with E-state index >= 15 is 0 Å². The Bertz CT molecular complexity index is 934. The molecule has 7 heteroatoms. The summed E-state index contributed by atoms with van der Waals surface area (Å²) in [6.45, 7) is 3.14. The second kappa shape index (κ2) is 6.11. The van der Waals surface area contributed by atoms with E-state index in [2.05, 4.69) is 18.0 Å². The molecule has 0 aliphatic carbocycles. The van der Waals surface area contributed by atoms with E-state index in [0.717, 1.165) is 28.9 Å². The van der Waals surface area contributed by atoms with E-state index in [1.54, 1.807) is 12.4 Å². The second-order valence-corrected chi connectivity index (χ2v) is 7.75. The molecule has 1 aromatic heterocycles. The highest BCUT2D eigenvalue weighted by Crippen LogP contribution is 2.52. The van der Waals surface area contributed by atoms with Crippen LogP contribution in [-0.4, -0.2) is 36.4 Å². The Morgan fingerprint density at radius 1 is 1.22 bits per heavy atom. The van der Waals surface area contributed by atoms with Crippen molar-refractivity contribution in [2.45, 2.75) is 31.1 Å². The van der Waals surface area contributed by atoms with Gasteiger partial charge in [0.05, 0.1) is 23.7 Å². The Kier molecular flexibility index (Phi) is 3.81. The number of halogens is 1. The first-order valence-electron chi connectivity index (χ1n) is 9.09. The predicted molar refractivity (Wildman–Crippen MR) is 102 cm³/mol. The van der Waals surface area contributed by atoms with Crippen LogP contribution in [0.5, 0.6) is 5.75 Å². The van der Waals surface area contributed by atoms with E-state index in [4.69, 9.17) is 36.5 Å². The predicted octanol–water partition coefficient (Wildman–Crippen LogP) is 3.13. The van der Waals surface area contributed by atoms with Crippen LogP contribution in [0.4, 0.5) is 0 Å². The molecule has 4 atom stereocenters. The van der Waals surface area contributed by atoms with Crippen molar-refractivity contribution in [3.63, 3.8) is 0 Å². The van der Waals surface area contributed by atoms with Crippen molar-refractivity contribution >= 4 is 17.6 Å². The number of amidine groups is 1. The molecule has 0 unspecified atom stereocenters. The first-order chi connectivity index (χ1) is 13.1. The van der Waals surface area contributed by atoms with Crippen LogP contribution in [-0.2, 0) is 15.0 Å². The molecule has 4 heterocycles. The molecule has 0 radical (unpaired) electrons. The number of aromatic nitrogens is 1. The first kappa shape index (κ1) is 16.8. The van der Waals surface area contributed by atoms with Crippen LogP contribution >= 0.6 is 11.6 Å². The van der Waals surface area contributed by atoms with Gasteiger partial charge in [-0.3, -0.25) is 4.98 Å². The molecule has 1 saturated heterocycles. The zero-order valence-electron chi connectivity index (χ0n) is 14.9. The summed E-state index contributed by atoms with van der Waals surface area (Å²) in [5, 5.41) is 0.594. The summed E-state index contributed by atoms with van der Waals surface area (Å²) in [5.41, 5.74) is 8.25. The van der Waals surface area contributed by atoms with E-state index in [0.29, 0.717) is 18.2 Å². The standard InChI is InChI=1S/C20H20ClN3O3/c1-11-18-17(4-5-25-11)27-16-3-2-12(13-6-14(21)9-23-8-13)7-15(16)20(18)10-26-19(22)24-20/h2-3,6-9,11,17-18H,4-5,10H2,1H3,(H2,22,24)/t11-,17-,18-,20-/m0/s1. The summed E-state index contributed by atoms with van der Waals surface area (Å²) in [5.74, 6) is 0.860. The van der Waals surface area contributed by atoms with Gasteiger partial charge in [-0.1, -0.05) is 17.7 Å². The summed E-state index contributed by atoms with van der Waals surface area (Å²) >= 11 is 6.13. The summed E-state index contributed by atoms with van der Waals surface area (Å²) in [7, 11) is 0. The van der Waals surface area contributed by atoms with Gasteiger partial charge in [0.25, 0.3) is 6.02 Å². The van der Waals surface area contributed by atoms with Gasteiger partial charge in [-0.25, -0.2) is 4.99 Å². The lowest BCUT2D eigenvalue weighted by Gasteiger charge is -2.48. The van der Waals surface area contributed by atoms with Crippen molar-refractivity contribution in [2.24, 2.45) is 16.6 Å². The summed E-state index contributed by atoms with van der Waals surface area (Å²) in [6, 6.07) is 8.21. The lowest BCUT2D eigenvalue weighted by atomic mass is 9.69. The average Bonchev–Trinajstić information content (AvgIpc) is 3.04. The summed E-state index contributed by atoms with van der Waals surface area (Å²) < 4.78 is 17.9. The monoisotopic (exact) mass is 385 g/mol. The Hall–Kier alpha value is -2.31. The number of nitrogens with zero attached hydrogens (tertiary/aromatic N) is 2. The topological polar surface area (TPSA) is 79.0 Å². The number of fused-ring (bicyclic) bond motifs is 4. The number of hydrogen-bond donors (Lipinski definition) is 1. The number of rotatable bonds is 1. The normalized spacial score (nSPS) is 31.5. The van der Waals surface area contributed by atoms with Crippen LogP contribution in [0.2, 0.25) is 5.02 Å². The molecular weight excluding hydrogens is 366 g/mol. The maximum atomic E-state index is 6.36. The number of benzene rings is 1. The number of ether oxygens (including phenoxy) is 3. The molecule has 0 bridgehead atoms. The highest BCUT2D eigenvalue weighted by Gasteiger charge is 2.57. The summed E-state index contributed by atoms with van der Waals surface area (Å²) in [4.78, 5) is 8.97. The minimum absolute atomic E-state index is 0.00774. The van der Waals surface area contributed by atoms with Gasteiger partial charge in [-0.15, -0.1) is 0 Å². The van der Waals surface area contributed by atoms with Crippen molar-refractivity contribution in [1.82, 2.24) is 4.98 Å². The SMILES string of the molecule is C[C@@H]1OCC[C@@H]2Oc3ccc(-c4cncc(Cl)c4)cc3[C@@]3(COC(N)=N3)[C@@H]12. The van der Waals surface area contributed by atoms with Gasteiger partial charge in [-0.2, -0.15) is 0 Å². The van der Waals surface area contributed by atoms with E-state index in [-0.39, 0.29) is 24.1 Å². The molecule has 2 N–H and O–H groups in total. The average molecular weight is 386 g/mol. The van der Waals surface area contributed by atoms with E-state index in [9.17, 15) is 0 Å². The fourth-order valence-electron chi connectivity index (χ4n) is 4.60. The Morgan fingerprint density at radius 3 is 2.89 bits per heavy atom. The quantitative estimate of drug-likeness (QED) is 0.815. The van der Waals surface area contributed by atoms with Gasteiger partial charge in [0, 0.05) is 29.9 Å². The fourth-order valence-corrected chi connectivity index (χ4v) is 4.77. The third kappa shape index (κ3) is 2.58. The van der Waals surface area contributed by atoms with Crippen molar-refractivity contribution in [1.29, 1.82) is 0 Å². The Balaban J connectivity index is 1.69. The molecule has 2 aromatic rings. The van der Waals surface area contributed by atoms with E-state index < -0.39 is 5.54 Å². The Labute approximate surface area is 162 Å². The van der Waals surface area contributed by atoms with Crippen LogP contribution in [0.1, 0.15) is 18.9 Å². The maximum Gasteiger partial charge on any atom is 0.283 e. The number of aliphatic imine (C=N–C) groups is 1. The van der Waals surface area contributed by atoms with Crippen molar-refractivity contribution in [2.75, 3.05) is 13.2 Å². The molecule has 1 aromatic carbocycles. The minimum Gasteiger partial charge on any atom is -0.489 e. The third-order valence-electron chi connectivity index (χ3n) is 5.75. The Morgan fingerprint density at radius 2 is 2.11 bits per heavy atom. The molecule has 5 rings (SSSR count). The molecule has 1 spiro atoms. The molecular formula is C20H20ClN3O3. The first-order valence-corrected chi connectivity index (χ1v) is 9.46. The van der Waals surface area contributed by atoms with Crippen LogP contribution in [0, 0.1) is 5.92 Å². The summed E-state index contributed by atoms with van der Waals surface area (Å²) in [6.07, 6.45) is 4.26. The molecule has 0 amide bonds. The maximum absolute atomic E-state index is 6.36. The molecule has 6 nitrogen and oxygen atoms in total. The lowest BCUT2D eigenvalue weighted by molar-refractivity contribution is -0.116. The smallest absolute Gasteiger partial charge is 0.283 e. The molecule has 3 aliphatic heterocycles. The second-order valence-electron chi connectivity index (χ2n) is 7.31. The zero-order chi connectivity index (χ0) is 18.6. The van der Waals surface area contributed by atoms with E-state index in [1.807, 2.05) is 18.2 Å². The van der Waals surface area contributed by atoms with Gasteiger partial charge < -0.3 is 19.9 Å². The van der Waals surface area contributed by atoms with Crippen LogP contribution in [0.15, 0.2) is 41.7 Å². The van der Waals surface area contributed by atoms with Crippen LogP contribution in [0.3, 0.4) is 0 Å². The zero-order valence-corrected chi connectivity index (χ0v) is 15.6. The molecule has 27 heavy (non-hydrogen) atoms. The minimum atomic E-state index is -0.607. The molecule has 3 aliphatic rings. The number of hydrogen-bond acceptors (Lipinski definition) is 6. The molecule has 0 saturated carbocycles. The number of nitrogens with two attached hydrogens (primary N) is 1. The fraction of sp³-hybridized carbons (Fsp3) is 0.400. The van der Waals surface area contributed by atoms with Gasteiger partial charge in [0.2, 0.25) is 0 Å². The van der Waals surface area contributed by atoms with Gasteiger partial charge in [0.1, 0.15) is 24.0 Å².